The minimum Gasteiger partial charge on any atom is -0.467 e. The number of carbonyl (C=O) groups is 1. The van der Waals surface area contributed by atoms with Crippen LogP contribution in [-0.2, 0) is 6.54 Å². The molecule has 94 valence electrons. The van der Waals surface area contributed by atoms with E-state index in [2.05, 4.69) is 10.6 Å². The molecule has 2 rings (SSSR count). The molecule has 0 bridgehead atoms. The molecule has 4 nitrogen and oxygen atoms in total. The third-order valence-electron chi connectivity index (χ3n) is 2.51. The van der Waals surface area contributed by atoms with Gasteiger partial charge in [0.1, 0.15) is 11.6 Å². The summed E-state index contributed by atoms with van der Waals surface area (Å²) in [4.78, 5) is 11.9. The second-order valence-electron chi connectivity index (χ2n) is 3.67. The number of rotatable bonds is 4. The van der Waals surface area contributed by atoms with Crippen molar-refractivity contribution < 1.29 is 13.6 Å². The lowest BCUT2D eigenvalue weighted by molar-refractivity contribution is 0.0948. The van der Waals surface area contributed by atoms with Gasteiger partial charge in [-0.3, -0.25) is 4.79 Å². The lowest BCUT2D eigenvalue weighted by Gasteiger charge is -2.09. The molecule has 18 heavy (non-hydrogen) atoms. The number of carbonyl (C=O) groups excluding carboxylic acids is 1. The Morgan fingerprint density at radius 2 is 2.17 bits per heavy atom. The summed E-state index contributed by atoms with van der Waals surface area (Å²) in [7, 11) is 1.57. The highest BCUT2D eigenvalue weighted by atomic mass is 19.1. The first-order valence-electron chi connectivity index (χ1n) is 5.49. The van der Waals surface area contributed by atoms with Crippen molar-refractivity contribution in [3.63, 3.8) is 0 Å². The SMILES string of the molecule is CNc1c(F)cccc1C(=O)NCc1ccco1. The maximum atomic E-state index is 13.5. The van der Waals surface area contributed by atoms with Gasteiger partial charge in [-0.1, -0.05) is 6.07 Å². The van der Waals surface area contributed by atoms with Crippen LogP contribution in [0.5, 0.6) is 0 Å². The van der Waals surface area contributed by atoms with Crippen LogP contribution in [0.15, 0.2) is 41.0 Å². The topological polar surface area (TPSA) is 54.3 Å². The van der Waals surface area contributed by atoms with Gasteiger partial charge in [-0.25, -0.2) is 4.39 Å². The Morgan fingerprint density at radius 3 is 2.83 bits per heavy atom. The van der Waals surface area contributed by atoms with E-state index in [0.717, 1.165) is 0 Å². The van der Waals surface area contributed by atoms with Crippen LogP contribution < -0.4 is 10.6 Å². The molecule has 1 heterocycles. The molecular formula is C13H13FN2O2. The fourth-order valence-corrected chi connectivity index (χ4v) is 1.64. The summed E-state index contributed by atoms with van der Waals surface area (Å²) < 4.78 is 18.6. The molecule has 0 radical (unpaired) electrons. The molecule has 1 aromatic heterocycles. The Labute approximate surface area is 104 Å². The predicted octanol–water partition coefficient (Wildman–Crippen LogP) is 2.39. The monoisotopic (exact) mass is 248 g/mol. The Kier molecular flexibility index (Phi) is 3.62. The fourth-order valence-electron chi connectivity index (χ4n) is 1.64. The number of hydrogen-bond acceptors (Lipinski definition) is 3. The van der Waals surface area contributed by atoms with Gasteiger partial charge in [-0.2, -0.15) is 0 Å². The number of halogens is 1. The van der Waals surface area contributed by atoms with Gasteiger partial charge in [-0.15, -0.1) is 0 Å². The van der Waals surface area contributed by atoms with E-state index in [9.17, 15) is 9.18 Å². The van der Waals surface area contributed by atoms with Crippen molar-refractivity contribution >= 4 is 11.6 Å². The van der Waals surface area contributed by atoms with E-state index in [-0.39, 0.29) is 23.7 Å². The van der Waals surface area contributed by atoms with Crippen LogP contribution in [0.1, 0.15) is 16.1 Å². The first-order chi connectivity index (χ1) is 8.72. The van der Waals surface area contributed by atoms with Crippen molar-refractivity contribution in [1.29, 1.82) is 0 Å². The average Bonchev–Trinajstić information content (AvgIpc) is 2.88. The van der Waals surface area contributed by atoms with Gasteiger partial charge < -0.3 is 15.1 Å². The molecule has 0 fully saturated rings. The maximum Gasteiger partial charge on any atom is 0.253 e. The van der Waals surface area contributed by atoms with Gasteiger partial charge in [-0.05, 0) is 24.3 Å². The number of furan rings is 1. The lowest BCUT2D eigenvalue weighted by atomic mass is 10.1. The van der Waals surface area contributed by atoms with Gasteiger partial charge in [0.2, 0.25) is 0 Å². The Morgan fingerprint density at radius 1 is 1.33 bits per heavy atom. The minimum absolute atomic E-state index is 0.189. The number of nitrogens with one attached hydrogen (secondary N) is 2. The standard InChI is InChI=1S/C13H13FN2O2/c1-15-12-10(5-2-6-11(12)14)13(17)16-8-9-4-3-7-18-9/h2-7,15H,8H2,1H3,(H,16,17). The van der Waals surface area contributed by atoms with Crippen molar-refractivity contribution in [2.75, 3.05) is 12.4 Å². The molecule has 0 unspecified atom stereocenters. The zero-order chi connectivity index (χ0) is 13.0. The van der Waals surface area contributed by atoms with Crippen LogP contribution in [0.4, 0.5) is 10.1 Å². The summed E-state index contributed by atoms with van der Waals surface area (Å²) in [6, 6.07) is 7.85. The van der Waals surface area contributed by atoms with Crippen molar-refractivity contribution in [3.8, 4) is 0 Å². The van der Waals surface area contributed by atoms with Crippen LogP contribution in [0, 0.1) is 5.82 Å². The van der Waals surface area contributed by atoms with Crippen LogP contribution in [0.25, 0.3) is 0 Å². The summed E-state index contributed by atoms with van der Waals surface area (Å²) in [6.45, 7) is 0.269. The number of amides is 1. The Balaban J connectivity index is 2.11. The number of benzene rings is 1. The molecule has 2 N–H and O–H groups in total. The van der Waals surface area contributed by atoms with Crippen LogP contribution in [-0.4, -0.2) is 13.0 Å². The van der Waals surface area contributed by atoms with Crippen LogP contribution in [0.2, 0.25) is 0 Å². The van der Waals surface area contributed by atoms with Crippen molar-refractivity contribution in [2.24, 2.45) is 0 Å². The molecule has 5 heteroatoms. The molecule has 0 aliphatic carbocycles. The molecule has 1 amide bonds. The molecule has 0 spiro atoms. The highest BCUT2D eigenvalue weighted by Gasteiger charge is 2.13. The third kappa shape index (κ3) is 2.51. The maximum absolute atomic E-state index is 13.5. The second-order valence-corrected chi connectivity index (χ2v) is 3.67. The van der Waals surface area contributed by atoms with Gasteiger partial charge in [0.15, 0.2) is 0 Å². The smallest absolute Gasteiger partial charge is 0.253 e. The highest BCUT2D eigenvalue weighted by molar-refractivity contribution is 5.99. The van der Waals surface area contributed by atoms with Gasteiger partial charge >= 0.3 is 0 Å². The van der Waals surface area contributed by atoms with E-state index in [1.54, 1.807) is 25.2 Å². The van der Waals surface area contributed by atoms with E-state index in [1.165, 1.54) is 18.4 Å². The summed E-state index contributed by atoms with van der Waals surface area (Å²) in [6.07, 6.45) is 1.53. The van der Waals surface area contributed by atoms with E-state index in [0.29, 0.717) is 5.76 Å². The molecular weight excluding hydrogens is 235 g/mol. The van der Waals surface area contributed by atoms with Crippen LogP contribution in [0.3, 0.4) is 0 Å². The molecule has 0 aliphatic heterocycles. The largest absolute Gasteiger partial charge is 0.467 e. The lowest BCUT2D eigenvalue weighted by Crippen LogP contribution is -2.23. The molecule has 1 aromatic carbocycles. The molecule has 0 saturated carbocycles. The normalized spacial score (nSPS) is 10.1. The minimum atomic E-state index is -0.455. The van der Waals surface area contributed by atoms with Gasteiger partial charge in [0.05, 0.1) is 24.1 Å². The highest BCUT2D eigenvalue weighted by Crippen LogP contribution is 2.19. The fraction of sp³-hybridized carbons (Fsp3) is 0.154. The molecule has 0 saturated heterocycles. The average molecular weight is 248 g/mol. The zero-order valence-corrected chi connectivity index (χ0v) is 9.87. The quantitative estimate of drug-likeness (QED) is 0.873. The van der Waals surface area contributed by atoms with Gasteiger partial charge in [0.25, 0.3) is 5.91 Å². The van der Waals surface area contributed by atoms with E-state index in [4.69, 9.17) is 4.42 Å². The third-order valence-corrected chi connectivity index (χ3v) is 2.51. The molecule has 2 aromatic rings. The number of hydrogen-bond donors (Lipinski definition) is 2. The van der Waals surface area contributed by atoms with E-state index < -0.39 is 5.82 Å². The van der Waals surface area contributed by atoms with E-state index in [1.807, 2.05) is 0 Å². The summed E-state index contributed by atoms with van der Waals surface area (Å²) in [5.74, 6) is -0.163. The molecule has 0 atom stereocenters. The number of para-hydroxylation sites is 1. The van der Waals surface area contributed by atoms with E-state index >= 15 is 0 Å². The summed E-state index contributed by atoms with van der Waals surface area (Å²) >= 11 is 0. The second kappa shape index (κ2) is 5.35. The van der Waals surface area contributed by atoms with Crippen molar-refractivity contribution in [2.45, 2.75) is 6.54 Å². The first kappa shape index (κ1) is 12.2. The predicted molar refractivity (Wildman–Crippen MR) is 65.8 cm³/mol. The summed E-state index contributed by atoms with van der Waals surface area (Å²) in [5, 5.41) is 5.34. The Bertz CT molecular complexity index is 538. The summed E-state index contributed by atoms with van der Waals surface area (Å²) in [5.41, 5.74) is 0.457. The van der Waals surface area contributed by atoms with Crippen molar-refractivity contribution in [1.82, 2.24) is 5.32 Å². The Hall–Kier alpha value is -2.30. The number of anilines is 1. The van der Waals surface area contributed by atoms with Crippen LogP contribution >= 0.6 is 0 Å². The van der Waals surface area contributed by atoms with Crippen molar-refractivity contribution in [3.05, 3.63) is 53.7 Å². The van der Waals surface area contributed by atoms with Gasteiger partial charge in [0, 0.05) is 7.05 Å². The molecule has 0 aliphatic rings. The first-order valence-corrected chi connectivity index (χ1v) is 5.49. The zero-order valence-electron chi connectivity index (χ0n) is 9.87.